The summed E-state index contributed by atoms with van der Waals surface area (Å²) >= 11 is 0. The Kier molecular flexibility index (Phi) is 21.3. The summed E-state index contributed by atoms with van der Waals surface area (Å²) in [5, 5.41) is 1.04. The molecule has 0 saturated heterocycles. The van der Waals surface area contributed by atoms with E-state index in [-0.39, 0.29) is 18.1 Å². The maximum Gasteiger partial charge on any atom is 0.416 e. The summed E-state index contributed by atoms with van der Waals surface area (Å²) in [6, 6.07) is 12.3. The zero-order valence-corrected chi connectivity index (χ0v) is 46.0. The number of benzene rings is 6. The Bertz CT molecular complexity index is 3170. The van der Waals surface area contributed by atoms with Crippen LogP contribution in [0.15, 0.2) is 140 Å². The smallest absolute Gasteiger partial charge is 0.287 e. The lowest BCUT2D eigenvalue weighted by Crippen LogP contribution is -2.75. The molecule has 1 heterocycles. The van der Waals surface area contributed by atoms with E-state index in [4.69, 9.17) is 0 Å². The highest BCUT2D eigenvalue weighted by Gasteiger charge is 2.47. The number of para-hydroxylation sites is 1. The standard InChI is InChI=1S/C32H12BF24.C29H36NO2/c34-25(35,36)13-1-14(26(37,38)39)6-21(5-13)33(22-7-15(27(40,41)42)2-16(8-22)28(43,44)45,23-9-17(29(46,47)48)3-18(10-23)30(49,50)51)24-11-19(31(52,53)54)4-20(12-24)32(55,56)57;1-2-3-4-5-6-7-8-9-13-20-28(31)27-22-21-24-16-14-15-19-26(24)30(27)23-29(32)25-17-11-10-12-18-25/h1-12H;10-12,14-19,21-22H,2-9,13,20,23H2,1H3/q-1;+1. The second-order valence-corrected chi connectivity index (χ2v) is 20.9. The van der Waals surface area contributed by atoms with Gasteiger partial charge in [-0.15, -0.1) is 0 Å². The van der Waals surface area contributed by atoms with Crippen molar-refractivity contribution in [1.82, 2.24) is 0 Å². The molecule has 0 atom stereocenters. The number of ketones is 2. The van der Waals surface area contributed by atoms with Gasteiger partial charge in [0.25, 0.3) is 0 Å². The number of halogens is 24. The number of carbonyl (C=O) groups is 2. The lowest BCUT2D eigenvalue weighted by Gasteiger charge is -2.46. The fraction of sp³-hybridized carbons (Fsp3) is 0.328. The van der Waals surface area contributed by atoms with Gasteiger partial charge in [-0.2, -0.15) is 132 Å². The zero-order valence-electron chi connectivity index (χ0n) is 46.0. The van der Waals surface area contributed by atoms with E-state index in [1.54, 1.807) is 0 Å². The van der Waals surface area contributed by atoms with Crippen LogP contribution in [-0.4, -0.2) is 17.7 Å². The van der Waals surface area contributed by atoms with Gasteiger partial charge < -0.3 is 0 Å². The number of hydrogen-bond acceptors (Lipinski definition) is 2. The fourth-order valence-electron chi connectivity index (χ4n) is 10.3. The van der Waals surface area contributed by atoms with Crippen molar-refractivity contribution in [1.29, 1.82) is 0 Å². The molecule has 3 nitrogen and oxygen atoms in total. The molecule has 0 radical (unpaired) electrons. The highest BCUT2D eigenvalue weighted by atomic mass is 19.4. The number of fused-ring (bicyclic) bond motifs is 1. The van der Waals surface area contributed by atoms with Crippen molar-refractivity contribution in [3.63, 3.8) is 0 Å². The van der Waals surface area contributed by atoms with Crippen LogP contribution in [0, 0.1) is 0 Å². The number of hydrogen-bond donors (Lipinski definition) is 0. The van der Waals surface area contributed by atoms with Crippen molar-refractivity contribution >= 4 is 50.5 Å². The zero-order chi connectivity index (χ0) is 66.5. The van der Waals surface area contributed by atoms with Gasteiger partial charge in [0.1, 0.15) is 6.15 Å². The van der Waals surface area contributed by atoms with Crippen molar-refractivity contribution in [3.8, 4) is 0 Å². The largest absolute Gasteiger partial charge is 0.416 e. The van der Waals surface area contributed by atoms with Crippen LogP contribution in [0.25, 0.3) is 10.9 Å². The van der Waals surface area contributed by atoms with E-state index in [0.29, 0.717) is 17.7 Å². The van der Waals surface area contributed by atoms with E-state index < -0.39 is 195 Å². The molecule has 0 fully saturated rings. The lowest BCUT2D eigenvalue weighted by molar-refractivity contribution is -0.659. The molecule has 0 amide bonds. The Balaban J connectivity index is 0.000000332. The molecule has 0 N–H and O–H groups in total. The minimum absolute atomic E-state index is 0.0177. The molecule has 0 aliphatic carbocycles. The molecule has 0 unspecified atom stereocenters. The van der Waals surface area contributed by atoms with Crippen LogP contribution in [0.4, 0.5) is 105 Å². The molecule has 0 aliphatic heterocycles. The monoisotopic (exact) mass is 1290 g/mol. The summed E-state index contributed by atoms with van der Waals surface area (Å²) in [6.45, 7) is 2.41. The number of Topliss-reactive ketones (excluding diaryl/α,β-unsaturated/α-hetero) is 2. The minimum Gasteiger partial charge on any atom is -0.287 e. The first-order chi connectivity index (χ1) is 41.0. The van der Waals surface area contributed by atoms with Gasteiger partial charge in [0.2, 0.25) is 29.3 Å². The van der Waals surface area contributed by atoms with Gasteiger partial charge >= 0.3 is 49.4 Å². The molecule has 480 valence electrons. The molecule has 7 rings (SSSR count). The van der Waals surface area contributed by atoms with Gasteiger partial charge in [0.15, 0.2) is 0 Å². The number of nitrogens with zero attached hydrogens (tertiary/aromatic N) is 1. The van der Waals surface area contributed by atoms with Gasteiger partial charge in [-0.05, 0) is 42.8 Å². The third-order valence-electron chi connectivity index (χ3n) is 14.6. The Hall–Kier alpha value is -7.55. The quantitative estimate of drug-likeness (QED) is 0.0282. The van der Waals surface area contributed by atoms with E-state index >= 15 is 0 Å². The maximum absolute atomic E-state index is 14.2. The second-order valence-electron chi connectivity index (χ2n) is 20.9. The van der Waals surface area contributed by atoms with Gasteiger partial charge in [-0.1, -0.05) is 149 Å². The van der Waals surface area contributed by atoms with Crippen LogP contribution in [0.5, 0.6) is 0 Å². The van der Waals surface area contributed by atoms with Gasteiger partial charge in [-0.3, -0.25) is 9.59 Å². The molecule has 1 aromatic heterocycles. The predicted octanol–water partition coefficient (Wildman–Crippen LogP) is 18.3. The van der Waals surface area contributed by atoms with Crippen LogP contribution in [0.1, 0.15) is 136 Å². The van der Waals surface area contributed by atoms with E-state index in [2.05, 4.69) is 6.92 Å². The summed E-state index contributed by atoms with van der Waals surface area (Å²) in [7, 11) is 0. The summed E-state index contributed by atoms with van der Waals surface area (Å²) in [6.07, 6.45) is -43.2. The topological polar surface area (TPSA) is 38.0 Å². The average molecular weight is 1290 g/mol. The number of rotatable bonds is 18. The maximum atomic E-state index is 14.2. The number of pyridine rings is 1. The SMILES string of the molecule is CCCCCCCCCCCC(=O)c1ccc2ccccc2[n+]1CC(=O)c1ccccc1.FC(F)(F)c1cc([B-](c2cc(C(F)(F)F)cc(C(F)(F)F)c2)(c2cc(C(F)(F)F)cc(C(F)(F)F)c2)c2cc(C(F)(F)F)cc(C(F)(F)F)c2)cc(C(F)(F)F)c1. The normalized spacial score (nSPS) is 13.1. The van der Waals surface area contributed by atoms with E-state index in [1.165, 1.54) is 44.9 Å². The molecule has 89 heavy (non-hydrogen) atoms. The Morgan fingerprint density at radius 3 is 0.944 bits per heavy atom. The van der Waals surface area contributed by atoms with Crippen molar-refractivity contribution in [2.75, 3.05) is 0 Å². The molecule has 28 heteroatoms. The number of unbranched alkanes of at least 4 members (excludes halogenated alkanes) is 8. The van der Waals surface area contributed by atoms with E-state index in [1.807, 2.05) is 71.3 Å². The lowest BCUT2D eigenvalue weighted by atomic mass is 9.12. The summed E-state index contributed by atoms with van der Waals surface area (Å²) < 4.78 is 343. The Morgan fingerprint density at radius 2 is 0.629 bits per heavy atom. The Morgan fingerprint density at radius 1 is 0.337 bits per heavy atom. The minimum atomic E-state index is -6.13. The summed E-state index contributed by atoms with van der Waals surface area (Å²) in [5.41, 5.74) is -28.0. The van der Waals surface area contributed by atoms with Crippen LogP contribution in [-0.2, 0) is 56.0 Å². The molecule has 0 bridgehead atoms. The molecule has 0 aliphatic rings. The van der Waals surface area contributed by atoms with Gasteiger partial charge in [0.05, 0.1) is 44.5 Å². The van der Waals surface area contributed by atoms with Crippen molar-refractivity contribution < 1.29 is 120 Å². The number of aromatic nitrogens is 1. The Labute approximate surface area is 491 Å². The van der Waals surface area contributed by atoms with Crippen molar-refractivity contribution in [3.05, 3.63) is 195 Å². The van der Waals surface area contributed by atoms with E-state index in [0.717, 1.165) is 23.7 Å². The van der Waals surface area contributed by atoms with Crippen molar-refractivity contribution in [2.45, 2.75) is 127 Å². The van der Waals surface area contributed by atoms with Crippen LogP contribution in [0.2, 0.25) is 0 Å². The highest BCUT2D eigenvalue weighted by molar-refractivity contribution is 7.20. The van der Waals surface area contributed by atoms with Gasteiger partial charge in [0, 0.05) is 29.5 Å². The third-order valence-corrected chi connectivity index (χ3v) is 14.6. The summed E-state index contributed by atoms with van der Waals surface area (Å²) in [5.74, 6) is 0.142. The predicted molar refractivity (Wildman–Crippen MR) is 281 cm³/mol. The first-order valence-electron chi connectivity index (χ1n) is 26.9. The third kappa shape index (κ3) is 17.7. The molecule has 6 aromatic carbocycles. The molecular weight excluding hydrogens is 1250 g/mol. The molecular formula is C61H48BF24NO2. The molecule has 0 spiro atoms. The summed E-state index contributed by atoms with van der Waals surface area (Å²) in [4.78, 5) is 26.0. The second kappa shape index (κ2) is 26.9. The van der Waals surface area contributed by atoms with Crippen LogP contribution in [0.3, 0.4) is 0 Å². The fourth-order valence-corrected chi connectivity index (χ4v) is 10.3. The number of alkyl halides is 24. The first-order valence-corrected chi connectivity index (χ1v) is 26.9. The molecule has 7 aromatic rings. The average Bonchev–Trinajstić information content (AvgIpc) is 0.953. The highest BCUT2D eigenvalue weighted by Crippen LogP contribution is 2.42. The van der Waals surface area contributed by atoms with E-state index in [9.17, 15) is 115 Å². The van der Waals surface area contributed by atoms with Gasteiger partial charge in [-0.25, -0.2) is 0 Å². The van der Waals surface area contributed by atoms with Crippen LogP contribution >= 0.6 is 0 Å². The molecule has 0 saturated carbocycles. The first kappa shape index (κ1) is 70.5. The van der Waals surface area contributed by atoms with Crippen molar-refractivity contribution in [2.24, 2.45) is 0 Å². The number of carbonyl (C=O) groups excluding carboxylic acids is 2. The van der Waals surface area contributed by atoms with Crippen LogP contribution < -0.4 is 26.4 Å².